The molecular weight excluding hydrogens is 649 g/mol. The van der Waals surface area contributed by atoms with E-state index in [0.717, 1.165) is 66.7 Å². The number of fused-ring (bicyclic) bond motifs is 3. The van der Waals surface area contributed by atoms with Gasteiger partial charge in [-0.05, 0) is 103 Å². The van der Waals surface area contributed by atoms with E-state index in [1.165, 1.54) is 11.1 Å². The molecule has 4 nitrogen and oxygen atoms in total. The Morgan fingerprint density at radius 3 is 1.70 bits per heavy atom. The Kier molecular flexibility index (Phi) is 8.07. The molecule has 0 atom stereocenters. The summed E-state index contributed by atoms with van der Waals surface area (Å²) in [6.07, 6.45) is 0. The number of hydrogen-bond donors (Lipinski definition) is 0. The molecule has 0 aliphatic carbocycles. The van der Waals surface area contributed by atoms with Crippen LogP contribution in [-0.2, 0) is 9.31 Å². The molecule has 258 valence electrons. The van der Waals surface area contributed by atoms with E-state index in [4.69, 9.17) is 13.7 Å². The fraction of sp³-hybridized carbons (Fsp3) is 0.125. The standard InChI is InChI=1S/C48H40BNO3/c1-47(2)48(3,4)53-49(52-47)38-17-10-15-36(31-38)37-16-11-18-41(32-37)50(39-27-23-34(24-28-39)33-13-6-5-7-14-33)40-29-25-35(26-30-40)42-20-12-21-44-43-19-8-9-22-45(43)51-46(42)44/h5-32H,1-4H3. The van der Waals surface area contributed by atoms with Gasteiger partial charge in [-0.1, -0.05) is 127 Å². The molecule has 2 heterocycles. The summed E-state index contributed by atoms with van der Waals surface area (Å²) in [4.78, 5) is 2.32. The van der Waals surface area contributed by atoms with E-state index in [-0.39, 0.29) is 0 Å². The Morgan fingerprint density at radius 1 is 0.434 bits per heavy atom. The van der Waals surface area contributed by atoms with E-state index in [0.29, 0.717) is 0 Å². The van der Waals surface area contributed by atoms with Gasteiger partial charge in [0.15, 0.2) is 0 Å². The van der Waals surface area contributed by atoms with Gasteiger partial charge in [0.05, 0.1) is 11.2 Å². The third-order valence-electron chi connectivity index (χ3n) is 10.9. The Bertz CT molecular complexity index is 2560. The normalized spacial score (nSPS) is 14.9. The largest absolute Gasteiger partial charge is 0.494 e. The van der Waals surface area contributed by atoms with Crippen molar-refractivity contribution in [1.82, 2.24) is 0 Å². The van der Waals surface area contributed by atoms with Crippen LogP contribution in [-0.4, -0.2) is 18.3 Å². The van der Waals surface area contributed by atoms with Gasteiger partial charge in [0.25, 0.3) is 0 Å². The molecule has 0 radical (unpaired) electrons. The lowest BCUT2D eigenvalue weighted by Gasteiger charge is -2.32. The number of benzene rings is 7. The lowest BCUT2D eigenvalue weighted by Crippen LogP contribution is -2.41. The maximum absolute atomic E-state index is 6.40. The van der Waals surface area contributed by atoms with Crippen LogP contribution in [0.2, 0.25) is 0 Å². The molecule has 5 heteroatoms. The van der Waals surface area contributed by atoms with Gasteiger partial charge >= 0.3 is 7.12 Å². The number of nitrogens with zero attached hydrogens (tertiary/aromatic N) is 1. The lowest BCUT2D eigenvalue weighted by atomic mass is 9.78. The second-order valence-electron chi connectivity index (χ2n) is 14.8. The van der Waals surface area contributed by atoms with Crippen LogP contribution in [0.3, 0.4) is 0 Å². The summed E-state index contributed by atoms with van der Waals surface area (Å²) in [5.41, 5.74) is 12.0. The van der Waals surface area contributed by atoms with E-state index in [9.17, 15) is 0 Å². The number of hydrogen-bond acceptors (Lipinski definition) is 4. The van der Waals surface area contributed by atoms with Crippen molar-refractivity contribution in [3.8, 4) is 33.4 Å². The van der Waals surface area contributed by atoms with Gasteiger partial charge in [-0.2, -0.15) is 0 Å². The van der Waals surface area contributed by atoms with Gasteiger partial charge in [0, 0.05) is 33.4 Å². The van der Waals surface area contributed by atoms with Crippen molar-refractivity contribution in [1.29, 1.82) is 0 Å². The maximum atomic E-state index is 6.40. The molecule has 8 aromatic rings. The zero-order valence-corrected chi connectivity index (χ0v) is 30.4. The average molecular weight is 690 g/mol. The van der Waals surface area contributed by atoms with E-state index in [2.05, 4.69) is 190 Å². The fourth-order valence-electron chi connectivity index (χ4n) is 7.31. The molecule has 0 amide bonds. The molecule has 1 aliphatic heterocycles. The lowest BCUT2D eigenvalue weighted by molar-refractivity contribution is 0.00578. The minimum atomic E-state index is -0.424. The van der Waals surface area contributed by atoms with Gasteiger partial charge in [0.1, 0.15) is 11.2 Å². The zero-order valence-electron chi connectivity index (χ0n) is 30.4. The summed E-state index contributed by atoms with van der Waals surface area (Å²) in [6.45, 7) is 8.36. The van der Waals surface area contributed by atoms with Crippen molar-refractivity contribution in [3.05, 3.63) is 170 Å². The number of anilines is 3. The average Bonchev–Trinajstić information content (AvgIpc) is 3.68. The Hall–Kier alpha value is -5.88. The van der Waals surface area contributed by atoms with Crippen LogP contribution in [0.25, 0.3) is 55.3 Å². The van der Waals surface area contributed by atoms with Gasteiger partial charge in [-0.3, -0.25) is 0 Å². The highest BCUT2D eigenvalue weighted by molar-refractivity contribution is 6.62. The van der Waals surface area contributed by atoms with Crippen molar-refractivity contribution in [3.63, 3.8) is 0 Å². The molecule has 1 saturated heterocycles. The molecule has 0 N–H and O–H groups in total. The summed E-state index contributed by atoms with van der Waals surface area (Å²) in [5, 5.41) is 2.26. The van der Waals surface area contributed by atoms with Gasteiger partial charge < -0.3 is 18.6 Å². The Balaban J connectivity index is 1.10. The summed E-state index contributed by atoms with van der Waals surface area (Å²) in [5.74, 6) is 0. The first-order valence-electron chi connectivity index (χ1n) is 18.3. The Labute approximate surface area is 311 Å². The third kappa shape index (κ3) is 6.02. The van der Waals surface area contributed by atoms with Crippen LogP contribution >= 0.6 is 0 Å². The highest BCUT2D eigenvalue weighted by Crippen LogP contribution is 2.41. The quantitative estimate of drug-likeness (QED) is 0.156. The summed E-state index contributed by atoms with van der Waals surface area (Å²) >= 11 is 0. The van der Waals surface area contributed by atoms with Crippen LogP contribution in [0.15, 0.2) is 174 Å². The predicted molar refractivity (Wildman–Crippen MR) is 220 cm³/mol. The van der Waals surface area contributed by atoms with E-state index in [1.807, 2.05) is 12.1 Å². The minimum Gasteiger partial charge on any atom is -0.455 e. The van der Waals surface area contributed by atoms with Crippen LogP contribution in [0.5, 0.6) is 0 Å². The van der Waals surface area contributed by atoms with Crippen LogP contribution in [0.1, 0.15) is 27.7 Å². The molecule has 0 saturated carbocycles. The molecule has 7 aromatic carbocycles. The molecule has 1 fully saturated rings. The second-order valence-corrected chi connectivity index (χ2v) is 14.8. The number of furan rings is 1. The predicted octanol–water partition coefficient (Wildman–Crippen LogP) is 12.4. The first-order chi connectivity index (χ1) is 25.7. The molecule has 1 aliphatic rings. The SMILES string of the molecule is CC1(C)OB(c2cccc(-c3cccc(N(c4ccc(-c5ccccc5)cc4)c4ccc(-c5cccc6c5oc5ccccc56)cc4)c3)c2)OC1(C)C. The van der Waals surface area contributed by atoms with Gasteiger partial charge in [0.2, 0.25) is 0 Å². The molecule has 53 heavy (non-hydrogen) atoms. The van der Waals surface area contributed by atoms with Crippen molar-refractivity contribution >= 4 is 51.6 Å². The molecule has 0 spiro atoms. The van der Waals surface area contributed by atoms with Crippen molar-refractivity contribution in [2.45, 2.75) is 38.9 Å². The first-order valence-corrected chi connectivity index (χ1v) is 18.3. The molecule has 9 rings (SSSR count). The monoisotopic (exact) mass is 689 g/mol. The summed E-state index contributed by atoms with van der Waals surface area (Å²) in [7, 11) is -0.424. The molecule has 0 bridgehead atoms. The summed E-state index contributed by atoms with van der Waals surface area (Å²) < 4.78 is 19.2. The molecular formula is C48H40BNO3. The highest BCUT2D eigenvalue weighted by atomic mass is 16.7. The Morgan fingerprint density at radius 2 is 0.981 bits per heavy atom. The highest BCUT2D eigenvalue weighted by Gasteiger charge is 2.51. The van der Waals surface area contributed by atoms with Crippen LogP contribution in [0, 0.1) is 0 Å². The second kappa shape index (κ2) is 13.0. The number of rotatable bonds is 7. The maximum Gasteiger partial charge on any atom is 0.494 e. The molecule has 0 unspecified atom stereocenters. The topological polar surface area (TPSA) is 34.8 Å². The number of para-hydroxylation sites is 2. The van der Waals surface area contributed by atoms with Crippen molar-refractivity contribution < 1.29 is 13.7 Å². The van der Waals surface area contributed by atoms with Gasteiger partial charge in [-0.25, -0.2) is 0 Å². The van der Waals surface area contributed by atoms with Crippen LogP contribution in [0.4, 0.5) is 17.1 Å². The summed E-state index contributed by atoms with van der Waals surface area (Å²) in [6, 6.07) is 60.0. The first kappa shape index (κ1) is 33.0. The fourth-order valence-corrected chi connectivity index (χ4v) is 7.31. The van der Waals surface area contributed by atoms with Crippen molar-refractivity contribution in [2.24, 2.45) is 0 Å². The van der Waals surface area contributed by atoms with E-state index < -0.39 is 18.3 Å². The smallest absolute Gasteiger partial charge is 0.455 e. The van der Waals surface area contributed by atoms with Crippen LogP contribution < -0.4 is 10.4 Å². The van der Waals surface area contributed by atoms with Crippen molar-refractivity contribution in [2.75, 3.05) is 4.90 Å². The van der Waals surface area contributed by atoms with E-state index >= 15 is 0 Å². The van der Waals surface area contributed by atoms with Gasteiger partial charge in [-0.15, -0.1) is 0 Å². The third-order valence-corrected chi connectivity index (χ3v) is 10.9. The molecule has 1 aromatic heterocycles. The zero-order chi connectivity index (χ0) is 36.2. The minimum absolute atomic E-state index is 0.404. The van der Waals surface area contributed by atoms with E-state index in [1.54, 1.807) is 0 Å².